The largest absolute Gasteiger partial charge is 0.394 e. The number of aliphatic hydroxyl groups excluding tert-OH is 3. The molecule has 19 heavy (non-hydrogen) atoms. The van der Waals surface area contributed by atoms with E-state index in [1.165, 1.54) is 6.07 Å². The second-order valence-electron chi connectivity index (χ2n) is 4.04. The van der Waals surface area contributed by atoms with E-state index in [4.69, 9.17) is 15.7 Å². The van der Waals surface area contributed by atoms with Crippen LogP contribution in [0.4, 0.5) is 5.82 Å². The third-order valence-corrected chi connectivity index (χ3v) is 2.89. The minimum Gasteiger partial charge on any atom is -0.394 e. The van der Waals surface area contributed by atoms with Crippen LogP contribution in [0.3, 0.4) is 0 Å². The van der Waals surface area contributed by atoms with Gasteiger partial charge in [-0.1, -0.05) is 0 Å². The molecule has 0 amide bonds. The molecule has 1 aromatic heterocycles. The number of nitrogens with one attached hydrogen (secondary N) is 1. The van der Waals surface area contributed by atoms with Gasteiger partial charge in [0.15, 0.2) is 6.10 Å². The maximum Gasteiger partial charge on any atom is 0.353 e. The summed E-state index contributed by atoms with van der Waals surface area (Å²) < 4.78 is 5.53. The minimum absolute atomic E-state index is 0.0524. The Bertz CT molecular complexity index is 522. The zero-order valence-electron chi connectivity index (χ0n) is 9.67. The number of hydrogen-bond donors (Lipinski definition) is 6. The van der Waals surface area contributed by atoms with Gasteiger partial charge in [0.2, 0.25) is 0 Å². The van der Waals surface area contributed by atoms with Crippen molar-refractivity contribution in [3.05, 3.63) is 22.7 Å². The van der Waals surface area contributed by atoms with Crippen molar-refractivity contribution in [3.8, 4) is 0 Å². The van der Waals surface area contributed by atoms with Crippen LogP contribution in [0.1, 0.15) is 0 Å². The first kappa shape index (κ1) is 13.9. The van der Waals surface area contributed by atoms with Crippen LogP contribution in [0.2, 0.25) is 0 Å². The molecule has 2 rings (SSSR count). The molecule has 1 fully saturated rings. The third kappa shape index (κ3) is 2.10. The molecule has 0 spiro atoms. The summed E-state index contributed by atoms with van der Waals surface area (Å²) in [6.07, 6.45) is -3.51. The molecule has 10 nitrogen and oxygen atoms in total. The molecule has 10 heteroatoms. The van der Waals surface area contributed by atoms with Crippen LogP contribution < -0.4 is 17.0 Å². The summed E-state index contributed by atoms with van der Waals surface area (Å²) in [5.41, 5.74) is 1.18. The van der Waals surface area contributed by atoms with E-state index in [2.05, 4.69) is 10.4 Å². The fourth-order valence-electron chi connectivity index (χ4n) is 1.86. The molecule has 0 bridgehead atoms. The highest BCUT2D eigenvalue weighted by Crippen LogP contribution is 2.32. The molecule has 7 N–H and O–H groups in total. The molecule has 1 saturated heterocycles. The highest BCUT2D eigenvalue weighted by molar-refractivity contribution is 5.29. The van der Waals surface area contributed by atoms with Crippen molar-refractivity contribution in [2.75, 3.05) is 12.0 Å². The fourth-order valence-corrected chi connectivity index (χ4v) is 1.86. The van der Waals surface area contributed by atoms with E-state index in [0.29, 0.717) is 4.57 Å². The van der Waals surface area contributed by atoms with Gasteiger partial charge >= 0.3 is 5.69 Å². The highest BCUT2D eigenvalue weighted by Gasteiger charge is 2.55. The second-order valence-corrected chi connectivity index (χ2v) is 4.04. The van der Waals surface area contributed by atoms with Crippen LogP contribution in [0.25, 0.3) is 0 Å². The predicted octanol–water partition coefficient (Wildman–Crippen LogP) is -3.76. The highest BCUT2D eigenvalue weighted by atomic mass is 16.7. The SMILES string of the molecule is NNc1ccn([C@]2(O)O[C@H](CO)[C@@H](O)[C@H]2O)c(=O)n1. The molecular formula is C9H14N4O6. The third-order valence-electron chi connectivity index (χ3n) is 2.89. The van der Waals surface area contributed by atoms with E-state index in [0.717, 1.165) is 6.20 Å². The Hall–Kier alpha value is -1.56. The number of nitrogen functional groups attached to an aromatic ring is 1. The number of nitrogens with two attached hydrogens (primary N) is 1. The van der Waals surface area contributed by atoms with Crippen molar-refractivity contribution in [1.29, 1.82) is 0 Å². The maximum atomic E-state index is 11.7. The van der Waals surface area contributed by atoms with Crippen molar-refractivity contribution in [2.45, 2.75) is 24.2 Å². The first-order valence-electron chi connectivity index (χ1n) is 5.38. The lowest BCUT2D eigenvalue weighted by Crippen LogP contribution is -2.50. The number of rotatable bonds is 3. The van der Waals surface area contributed by atoms with Gasteiger partial charge < -0.3 is 30.6 Å². The lowest BCUT2D eigenvalue weighted by atomic mass is 10.1. The lowest BCUT2D eigenvalue weighted by molar-refractivity contribution is -0.291. The summed E-state index contributed by atoms with van der Waals surface area (Å²) >= 11 is 0. The van der Waals surface area contributed by atoms with Crippen molar-refractivity contribution >= 4 is 5.82 Å². The zero-order valence-corrected chi connectivity index (χ0v) is 9.67. The van der Waals surface area contributed by atoms with Gasteiger partial charge in [-0.05, 0) is 6.07 Å². The smallest absolute Gasteiger partial charge is 0.353 e. The van der Waals surface area contributed by atoms with Gasteiger partial charge in [-0.3, -0.25) is 0 Å². The number of hydrazine groups is 1. The topological polar surface area (TPSA) is 163 Å². The lowest BCUT2D eigenvalue weighted by Gasteiger charge is -2.27. The van der Waals surface area contributed by atoms with E-state index in [9.17, 15) is 20.1 Å². The Labute approximate surface area is 106 Å². The summed E-state index contributed by atoms with van der Waals surface area (Å²) in [7, 11) is 0. The van der Waals surface area contributed by atoms with E-state index in [1.807, 2.05) is 0 Å². The number of aromatic nitrogens is 2. The van der Waals surface area contributed by atoms with Crippen molar-refractivity contribution in [1.82, 2.24) is 9.55 Å². The summed E-state index contributed by atoms with van der Waals surface area (Å²) in [6, 6.07) is 1.26. The average molecular weight is 274 g/mol. The molecule has 0 saturated carbocycles. The molecule has 4 atom stereocenters. The second kappa shape index (κ2) is 4.85. The van der Waals surface area contributed by atoms with Gasteiger partial charge in [0, 0.05) is 6.20 Å². The van der Waals surface area contributed by atoms with E-state index in [-0.39, 0.29) is 5.82 Å². The van der Waals surface area contributed by atoms with Crippen LogP contribution in [0, 0.1) is 0 Å². The van der Waals surface area contributed by atoms with Crippen LogP contribution in [-0.4, -0.2) is 54.9 Å². The van der Waals surface area contributed by atoms with Crippen LogP contribution in [0.15, 0.2) is 17.1 Å². The molecule has 1 aliphatic rings. The molecule has 1 aromatic rings. The first-order valence-corrected chi connectivity index (χ1v) is 5.38. The standard InChI is InChI=1S/C9H14N4O6/c10-12-5-1-2-13(8(17)11-5)9(18)7(16)6(15)4(3-14)19-9/h1-2,4,6-7,14-16,18H,3,10H2,(H,11,12,17)/t4-,6-,7-,9-/m1/s1. The van der Waals surface area contributed by atoms with Crippen LogP contribution in [0.5, 0.6) is 0 Å². The molecule has 0 aliphatic carbocycles. The Morgan fingerprint density at radius 1 is 1.58 bits per heavy atom. The van der Waals surface area contributed by atoms with Crippen LogP contribution >= 0.6 is 0 Å². The minimum atomic E-state index is -2.51. The Morgan fingerprint density at radius 3 is 2.74 bits per heavy atom. The first-order chi connectivity index (χ1) is 8.93. The quantitative estimate of drug-likeness (QED) is 0.240. The molecule has 0 radical (unpaired) electrons. The van der Waals surface area contributed by atoms with Crippen molar-refractivity contribution in [2.24, 2.45) is 5.84 Å². The zero-order chi connectivity index (χ0) is 14.2. The molecule has 0 unspecified atom stereocenters. The van der Waals surface area contributed by atoms with Crippen molar-refractivity contribution in [3.63, 3.8) is 0 Å². The summed E-state index contributed by atoms with van der Waals surface area (Å²) in [5.74, 6) is 2.61. The average Bonchev–Trinajstić information content (AvgIpc) is 2.63. The Morgan fingerprint density at radius 2 is 2.26 bits per heavy atom. The molecule has 1 aliphatic heterocycles. The Balaban J connectivity index is 2.43. The molecule has 106 valence electrons. The molecule has 2 heterocycles. The number of ether oxygens (including phenoxy) is 1. The van der Waals surface area contributed by atoms with Gasteiger partial charge in [-0.2, -0.15) is 4.98 Å². The van der Waals surface area contributed by atoms with Gasteiger partial charge in [0.05, 0.1) is 6.61 Å². The van der Waals surface area contributed by atoms with Crippen molar-refractivity contribution < 1.29 is 25.2 Å². The van der Waals surface area contributed by atoms with Gasteiger partial charge in [0.25, 0.3) is 5.91 Å². The van der Waals surface area contributed by atoms with Gasteiger partial charge in [-0.15, -0.1) is 0 Å². The van der Waals surface area contributed by atoms with Gasteiger partial charge in [0.1, 0.15) is 18.0 Å². The van der Waals surface area contributed by atoms with Gasteiger partial charge in [-0.25, -0.2) is 15.2 Å². The number of nitrogens with zero attached hydrogens (tertiary/aromatic N) is 2. The summed E-state index contributed by atoms with van der Waals surface area (Å²) in [6.45, 7) is -0.634. The monoisotopic (exact) mass is 274 g/mol. The fraction of sp³-hybridized carbons (Fsp3) is 0.556. The predicted molar refractivity (Wildman–Crippen MR) is 60.5 cm³/mol. The maximum absolute atomic E-state index is 11.7. The molecule has 0 aromatic carbocycles. The number of aliphatic hydroxyl groups is 4. The Kier molecular flexibility index (Phi) is 3.54. The van der Waals surface area contributed by atoms with E-state index in [1.54, 1.807) is 0 Å². The number of hydrogen-bond acceptors (Lipinski definition) is 9. The van der Waals surface area contributed by atoms with E-state index < -0.39 is 36.5 Å². The summed E-state index contributed by atoms with van der Waals surface area (Å²) in [4.78, 5) is 15.2. The number of anilines is 1. The molecular weight excluding hydrogens is 260 g/mol. The van der Waals surface area contributed by atoms with E-state index >= 15 is 0 Å². The normalized spacial score (nSPS) is 34.5. The summed E-state index contributed by atoms with van der Waals surface area (Å²) in [5, 5.41) is 38.5. The van der Waals surface area contributed by atoms with Crippen LogP contribution in [-0.2, 0) is 10.6 Å².